The van der Waals surface area contributed by atoms with Gasteiger partial charge < -0.3 is 14.8 Å². The fraction of sp³-hybridized carbons (Fsp3) is 0.562. The zero-order chi connectivity index (χ0) is 14.4. The zero-order valence-electron chi connectivity index (χ0n) is 12.3. The molecule has 0 aromatic heterocycles. The molecule has 2 rings (SSSR count). The quantitative estimate of drug-likeness (QED) is 0.810. The highest BCUT2D eigenvalue weighted by atomic mass is 16.5. The van der Waals surface area contributed by atoms with E-state index >= 15 is 0 Å². The van der Waals surface area contributed by atoms with Crippen LogP contribution in [0.1, 0.15) is 30.9 Å². The standard InChI is InChI=1S/C16H23NO3/c1-12(16(18)17-10-11-19-2)20-15-9-5-7-13-6-3-4-8-14(13)15/h5,7,9,12H,3-4,6,8,10-11H2,1-2H3,(H,17,18)/t12-/m1/s1. The summed E-state index contributed by atoms with van der Waals surface area (Å²) < 4.78 is 10.8. The van der Waals surface area contributed by atoms with Crippen LogP contribution in [0.2, 0.25) is 0 Å². The third-order valence-electron chi connectivity index (χ3n) is 3.63. The van der Waals surface area contributed by atoms with Crippen LogP contribution in [0.4, 0.5) is 0 Å². The van der Waals surface area contributed by atoms with E-state index in [1.165, 1.54) is 24.0 Å². The molecule has 1 aliphatic rings. The van der Waals surface area contributed by atoms with E-state index in [4.69, 9.17) is 9.47 Å². The maximum absolute atomic E-state index is 11.9. The smallest absolute Gasteiger partial charge is 0.260 e. The van der Waals surface area contributed by atoms with Crippen LogP contribution in [0.25, 0.3) is 0 Å². The molecule has 0 fully saturated rings. The monoisotopic (exact) mass is 277 g/mol. The number of rotatable bonds is 6. The molecule has 0 spiro atoms. The first-order chi connectivity index (χ1) is 9.72. The average molecular weight is 277 g/mol. The summed E-state index contributed by atoms with van der Waals surface area (Å²) in [6.45, 7) is 2.81. The van der Waals surface area contributed by atoms with Crippen LogP contribution in [-0.2, 0) is 22.4 Å². The van der Waals surface area contributed by atoms with Gasteiger partial charge in [-0.1, -0.05) is 12.1 Å². The van der Waals surface area contributed by atoms with Gasteiger partial charge in [0.05, 0.1) is 6.61 Å². The lowest BCUT2D eigenvalue weighted by Crippen LogP contribution is -2.38. The van der Waals surface area contributed by atoms with Crippen molar-refractivity contribution < 1.29 is 14.3 Å². The van der Waals surface area contributed by atoms with E-state index in [0.29, 0.717) is 13.2 Å². The Bertz CT molecular complexity index is 459. The van der Waals surface area contributed by atoms with Gasteiger partial charge in [-0.25, -0.2) is 0 Å². The molecule has 20 heavy (non-hydrogen) atoms. The molecule has 1 N–H and O–H groups in total. The van der Waals surface area contributed by atoms with Crippen LogP contribution < -0.4 is 10.1 Å². The SMILES string of the molecule is COCCNC(=O)[C@@H](C)Oc1cccc2c1CCCC2. The number of carbonyl (C=O) groups is 1. The summed E-state index contributed by atoms with van der Waals surface area (Å²) in [5.41, 5.74) is 2.64. The number of methoxy groups -OCH3 is 1. The Kier molecular flexibility index (Phi) is 5.41. The molecule has 4 heteroatoms. The summed E-state index contributed by atoms with van der Waals surface area (Å²) in [7, 11) is 1.61. The maximum Gasteiger partial charge on any atom is 0.260 e. The Labute approximate surface area is 120 Å². The summed E-state index contributed by atoms with van der Waals surface area (Å²) in [6, 6.07) is 6.13. The molecule has 1 aromatic carbocycles. The van der Waals surface area contributed by atoms with Gasteiger partial charge in [0.25, 0.3) is 5.91 Å². The lowest BCUT2D eigenvalue weighted by atomic mass is 9.91. The second-order valence-corrected chi connectivity index (χ2v) is 5.14. The number of hydrogen-bond acceptors (Lipinski definition) is 3. The van der Waals surface area contributed by atoms with Crippen LogP contribution in [0.15, 0.2) is 18.2 Å². The van der Waals surface area contributed by atoms with Crippen LogP contribution in [0, 0.1) is 0 Å². The van der Waals surface area contributed by atoms with Gasteiger partial charge >= 0.3 is 0 Å². The zero-order valence-corrected chi connectivity index (χ0v) is 12.3. The van der Waals surface area contributed by atoms with E-state index in [0.717, 1.165) is 18.6 Å². The van der Waals surface area contributed by atoms with Gasteiger partial charge in [0.15, 0.2) is 6.10 Å². The molecule has 0 aliphatic heterocycles. The number of benzene rings is 1. The lowest BCUT2D eigenvalue weighted by molar-refractivity contribution is -0.127. The highest BCUT2D eigenvalue weighted by Crippen LogP contribution is 2.30. The van der Waals surface area contributed by atoms with E-state index in [2.05, 4.69) is 11.4 Å². The molecule has 0 saturated carbocycles. The van der Waals surface area contributed by atoms with Crippen molar-refractivity contribution in [2.75, 3.05) is 20.3 Å². The molecule has 0 bridgehead atoms. The molecule has 4 nitrogen and oxygen atoms in total. The second-order valence-electron chi connectivity index (χ2n) is 5.14. The highest BCUT2D eigenvalue weighted by Gasteiger charge is 2.18. The number of fused-ring (bicyclic) bond motifs is 1. The molecular formula is C16H23NO3. The highest BCUT2D eigenvalue weighted by molar-refractivity contribution is 5.80. The molecule has 110 valence electrons. The summed E-state index contributed by atoms with van der Waals surface area (Å²) in [4.78, 5) is 11.9. The molecule has 0 saturated heterocycles. The number of hydrogen-bond donors (Lipinski definition) is 1. The van der Waals surface area contributed by atoms with Gasteiger partial charge in [-0.3, -0.25) is 4.79 Å². The van der Waals surface area contributed by atoms with Gasteiger partial charge in [-0.05, 0) is 49.8 Å². The van der Waals surface area contributed by atoms with Crippen molar-refractivity contribution in [1.29, 1.82) is 0 Å². The Hall–Kier alpha value is -1.55. The van der Waals surface area contributed by atoms with Crippen molar-refractivity contribution in [3.05, 3.63) is 29.3 Å². The van der Waals surface area contributed by atoms with Crippen molar-refractivity contribution in [3.63, 3.8) is 0 Å². The minimum Gasteiger partial charge on any atom is -0.481 e. The number of aryl methyl sites for hydroxylation is 1. The topological polar surface area (TPSA) is 47.6 Å². The predicted molar refractivity (Wildman–Crippen MR) is 78.1 cm³/mol. The molecule has 1 aromatic rings. The van der Waals surface area contributed by atoms with Crippen LogP contribution >= 0.6 is 0 Å². The van der Waals surface area contributed by atoms with E-state index in [-0.39, 0.29) is 5.91 Å². The van der Waals surface area contributed by atoms with Crippen molar-refractivity contribution in [1.82, 2.24) is 5.32 Å². The van der Waals surface area contributed by atoms with Crippen molar-refractivity contribution in [2.24, 2.45) is 0 Å². The first-order valence-corrected chi connectivity index (χ1v) is 7.26. The fourth-order valence-corrected chi connectivity index (χ4v) is 2.52. The maximum atomic E-state index is 11.9. The first-order valence-electron chi connectivity index (χ1n) is 7.26. The minimum absolute atomic E-state index is 0.101. The van der Waals surface area contributed by atoms with E-state index in [1.54, 1.807) is 14.0 Å². The van der Waals surface area contributed by atoms with Crippen LogP contribution in [0.3, 0.4) is 0 Å². The molecule has 1 amide bonds. The lowest BCUT2D eigenvalue weighted by Gasteiger charge is -2.22. The van der Waals surface area contributed by atoms with E-state index < -0.39 is 6.10 Å². The largest absolute Gasteiger partial charge is 0.481 e. The van der Waals surface area contributed by atoms with Crippen LogP contribution in [-0.4, -0.2) is 32.3 Å². The Morgan fingerprint density at radius 1 is 1.35 bits per heavy atom. The average Bonchev–Trinajstić information content (AvgIpc) is 2.47. The molecule has 0 radical (unpaired) electrons. The van der Waals surface area contributed by atoms with Gasteiger partial charge in [-0.2, -0.15) is 0 Å². The molecular weight excluding hydrogens is 254 g/mol. The fourth-order valence-electron chi connectivity index (χ4n) is 2.52. The third-order valence-corrected chi connectivity index (χ3v) is 3.63. The minimum atomic E-state index is -0.486. The normalized spacial score (nSPS) is 15.3. The molecule has 0 unspecified atom stereocenters. The Morgan fingerprint density at radius 2 is 2.15 bits per heavy atom. The van der Waals surface area contributed by atoms with Gasteiger partial charge in [0, 0.05) is 13.7 Å². The van der Waals surface area contributed by atoms with Crippen LogP contribution in [0.5, 0.6) is 5.75 Å². The van der Waals surface area contributed by atoms with E-state index in [9.17, 15) is 4.79 Å². The van der Waals surface area contributed by atoms with Gasteiger partial charge in [-0.15, -0.1) is 0 Å². The van der Waals surface area contributed by atoms with Gasteiger partial charge in [0.2, 0.25) is 0 Å². The Balaban J connectivity index is 1.97. The van der Waals surface area contributed by atoms with Crippen molar-refractivity contribution in [2.45, 2.75) is 38.7 Å². The van der Waals surface area contributed by atoms with E-state index in [1.807, 2.05) is 12.1 Å². The number of nitrogens with one attached hydrogen (secondary N) is 1. The summed E-state index contributed by atoms with van der Waals surface area (Å²) in [6.07, 6.45) is 4.11. The number of ether oxygens (including phenoxy) is 2. The van der Waals surface area contributed by atoms with Gasteiger partial charge in [0.1, 0.15) is 5.75 Å². The van der Waals surface area contributed by atoms with Crippen molar-refractivity contribution >= 4 is 5.91 Å². The first kappa shape index (κ1) is 14.9. The van der Waals surface area contributed by atoms with Crippen molar-refractivity contribution in [3.8, 4) is 5.75 Å². The molecule has 1 aliphatic carbocycles. The predicted octanol–water partition coefficient (Wildman–Crippen LogP) is 2.10. The number of carbonyl (C=O) groups excluding carboxylic acids is 1. The summed E-state index contributed by atoms with van der Waals surface area (Å²) in [5, 5.41) is 2.79. The summed E-state index contributed by atoms with van der Waals surface area (Å²) in [5.74, 6) is 0.757. The molecule has 0 heterocycles. The summed E-state index contributed by atoms with van der Waals surface area (Å²) >= 11 is 0. The second kappa shape index (κ2) is 7.29. The number of amides is 1. The third kappa shape index (κ3) is 3.73. The molecule has 1 atom stereocenters. The Morgan fingerprint density at radius 3 is 2.95 bits per heavy atom.